The molecule has 0 saturated carbocycles. The highest BCUT2D eigenvalue weighted by Crippen LogP contribution is 2.39. The number of nitrogen functional groups attached to an aromatic ring is 1. The Morgan fingerprint density at radius 2 is 2.10 bits per heavy atom. The number of hydrogen-bond donors (Lipinski definition) is 1. The Bertz CT molecular complexity index is 1290. The van der Waals surface area contributed by atoms with Crippen molar-refractivity contribution >= 4 is 5.82 Å². The molecule has 4 aromatic rings. The van der Waals surface area contributed by atoms with E-state index in [1.54, 1.807) is 19.2 Å². The first-order valence-corrected chi connectivity index (χ1v) is 10.2. The number of halogens is 1. The first kappa shape index (κ1) is 19.3. The van der Waals surface area contributed by atoms with Crippen molar-refractivity contribution in [3.8, 4) is 28.3 Å². The molecule has 5 rings (SSSR count). The van der Waals surface area contributed by atoms with Crippen molar-refractivity contribution < 1.29 is 13.5 Å². The van der Waals surface area contributed by atoms with Crippen molar-refractivity contribution in [2.24, 2.45) is 0 Å². The lowest BCUT2D eigenvalue weighted by molar-refractivity contribution is 0.227. The van der Waals surface area contributed by atoms with E-state index in [1.807, 2.05) is 30.8 Å². The van der Waals surface area contributed by atoms with Gasteiger partial charge in [-0.3, -0.25) is 4.68 Å². The molecule has 3 aromatic heterocycles. The summed E-state index contributed by atoms with van der Waals surface area (Å²) in [6, 6.07) is 6.44. The number of fused-ring (bicyclic) bond motifs is 7. The van der Waals surface area contributed by atoms with E-state index >= 15 is 0 Å². The first-order chi connectivity index (χ1) is 14.9. The predicted octanol–water partition coefficient (Wildman–Crippen LogP) is 4.69. The van der Waals surface area contributed by atoms with Crippen molar-refractivity contribution in [3.63, 3.8) is 0 Å². The number of anilines is 1. The van der Waals surface area contributed by atoms with Gasteiger partial charge >= 0.3 is 0 Å². The molecule has 0 aliphatic carbocycles. The van der Waals surface area contributed by atoms with Crippen LogP contribution in [0.5, 0.6) is 5.75 Å². The highest BCUT2D eigenvalue weighted by Gasteiger charge is 2.25. The van der Waals surface area contributed by atoms with Crippen LogP contribution in [0.1, 0.15) is 42.7 Å². The SMILES string of the molecule is CCn1ncc2c1-c1cnc(N)c(c1)OC(C)c1cc(F)ccc1-c1oc(C)nc1C2. The third-order valence-corrected chi connectivity index (χ3v) is 5.53. The lowest BCUT2D eigenvalue weighted by Gasteiger charge is -2.20. The van der Waals surface area contributed by atoms with Gasteiger partial charge < -0.3 is 14.9 Å². The molecule has 1 aliphatic heterocycles. The standard InChI is InChI=1S/C23H22FN5O2/c1-4-29-21-14(11-27-29)7-19-22(31-13(3)28-19)17-6-5-16(24)9-18(17)12(2)30-20-8-15(21)10-26-23(20)25/h5-6,8-12H,4,7H2,1-3H3,(H2,25,26). The Balaban J connectivity index is 1.81. The molecule has 158 valence electrons. The summed E-state index contributed by atoms with van der Waals surface area (Å²) in [6.45, 7) is 6.38. The van der Waals surface area contributed by atoms with Gasteiger partial charge in [-0.05, 0) is 38.1 Å². The molecular formula is C23H22FN5O2. The molecule has 1 aliphatic rings. The normalized spacial score (nSPS) is 15.2. The fourth-order valence-electron chi connectivity index (χ4n) is 4.12. The van der Waals surface area contributed by atoms with E-state index in [-0.39, 0.29) is 11.6 Å². The molecule has 0 amide bonds. The molecule has 2 bridgehead atoms. The zero-order valence-electron chi connectivity index (χ0n) is 17.5. The molecule has 1 unspecified atom stereocenters. The third-order valence-electron chi connectivity index (χ3n) is 5.53. The summed E-state index contributed by atoms with van der Waals surface area (Å²) in [4.78, 5) is 8.97. The average molecular weight is 419 g/mol. The third kappa shape index (κ3) is 3.24. The molecule has 2 N–H and O–H groups in total. The van der Waals surface area contributed by atoms with Crippen molar-refractivity contribution in [1.29, 1.82) is 0 Å². The predicted molar refractivity (Wildman–Crippen MR) is 114 cm³/mol. The fraction of sp³-hybridized carbons (Fsp3) is 0.261. The van der Waals surface area contributed by atoms with Gasteiger partial charge in [0, 0.05) is 48.3 Å². The van der Waals surface area contributed by atoms with Crippen molar-refractivity contribution in [2.75, 3.05) is 5.73 Å². The van der Waals surface area contributed by atoms with Crippen molar-refractivity contribution in [2.45, 2.75) is 39.8 Å². The van der Waals surface area contributed by atoms with Crippen LogP contribution < -0.4 is 10.5 Å². The minimum Gasteiger partial charge on any atom is -0.482 e. The zero-order valence-corrected chi connectivity index (χ0v) is 17.5. The van der Waals surface area contributed by atoms with Gasteiger partial charge in [-0.2, -0.15) is 5.10 Å². The summed E-state index contributed by atoms with van der Waals surface area (Å²) in [7, 11) is 0. The second-order valence-corrected chi connectivity index (χ2v) is 7.62. The van der Waals surface area contributed by atoms with Crippen molar-refractivity contribution in [1.82, 2.24) is 19.7 Å². The van der Waals surface area contributed by atoms with Crippen LogP contribution in [0.15, 0.2) is 41.1 Å². The maximum absolute atomic E-state index is 14.2. The molecule has 0 fully saturated rings. The Hall–Kier alpha value is -3.68. The van der Waals surface area contributed by atoms with Crippen LogP contribution in [0.2, 0.25) is 0 Å². The Morgan fingerprint density at radius 3 is 2.90 bits per heavy atom. The quantitative estimate of drug-likeness (QED) is 0.481. The molecule has 0 spiro atoms. The topological polar surface area (TPSA) is 92.0 Å². The second-order valence-electron chi connectivity index (χ2n) is 7.62. The minimum absolute atomic E-state index is 0.269. The molecule has 8 heteroatoms. The molecule has 0 saturated heterocycles. The van der Waals surface area contributed by atoms with Crippen molar-refractivity contribution in [3.05, 3.63) is 65.2 Å². The number of aromatic nitrogens is 4. The van der Waals surface area contributed by atoms with Crippen LogP contribution in [-0.4, -0.2) is 19.7 Å². The highest BCUT2D eigenvalue weighted by atomic mass is 19.1. The van der Waals surface area contributed by atoms with Gasteiger partial charge in [-0.1, -0.05) is 0 Å². The van der Waals surface area contributed by atoms with E-state index in [2.05, 4.69) is 15.1 Å². The number of nitrogens with two attached hydrogens (primary N) is 1. The van der Waals surface area contributed by atoms with Crippen LogP contribution in [0.4, 0.5) is 10.2 Å². The number of aryl methyl sites for hydroxylation is 2. The lowest BCUT2D eigenvalue weighted by Crippen LogP contribution is -2.09. The second kappa shape index (κ2) is 7.23. The van der Waals surface area contributed by atoms with Gasteiger partial charge in [0.1, 0.15) is 11.9 Å². The van der Waals surface area contributed by atoms with Crippen LogP contribution in [0.25, 0.3) is 22.6 Å². The summed E-state index contributed by atoms with van der Waals surface area (Å²) in [5.74, 6) is 1.49. The van der Waals surface area contributed by atoms with Gasteiger partial charge in [-0.25, -0.2) is 14.4 Å². The maximum atomic E-state index is 14.2. The number of hydrogen-bond acceptors (Lipinski definition) is 6. The number of benzene rings is 1. The van der Waals surface area contributed by atoms with Gasteiger partial charge in [0.05, 0.1) is 17.6 Å². The Kier molecular flexibility index (Phi) is 4.50. The summed E-state index contributed by atoms with van der Waals surface area (Å²) in [5, 5.41) is 4.54. The van der Waals surface area contributed by atoms with Crippen LogP contribution in [0, 0.1) is 12.7 Å². The highest BCUT2D eigenvalue weighted by molar-refractivity contribution is 5.70. The summed E-state index contributed by atoms with van der Waals surface area (Å²) >= 11 is 0. The molecular weight excluding hydrogens is 397 g/mol. The maximum Gasteiger partial charge on any atom is 0.192 e. The molecule has 7 nitrogen and oxygen atoms in total. The molecule has 4 heterocycles. The number of ether oxygens (including phenoxy) is 1. The minimum atomic E-state index is -0.502. The lowest BCUT2D eigenvalue weighted by atomic mass is 9.97. The van der Waals surface area contributed by atoms with E-state index in [1.165, 1.54) is 12.1 Å². The summed E-state index contributed by atoms with van der Waals surface area (Å²) < 4.78 is 28.3. The van der Waals surface area contributed by atoms with Gasteiger partial charge in [-0.15, -0.1) is 0 Å². The molecule has 1 atom stereocenters. The zero-order chi connectivity index (χ0) is 21.7. The number of rotatable bonds is 1. The van der Waals surface area contributed by atoms with Gasteiger partial charge in [0.25, 0.3) is 0 Å². The largest absolute Gasteiger partial charge is 0.482 e. The first-order valence-electron chi connectivity index (χ1n) is 10.2. The van der Waals surface area contributed by atoms with Gasteiger partial charge in [0.2, 0.25) is 0 Å². The molecule has 31 heavy (non-hydrogen) atoms. The Labute approximate surface area is 178 Å². The number of nitrogens with zero attached hydrogens (tertiary/aromatic N) is 4. The van der Waals surface area contributed by atoms with E-state index in [9.17, 15) is 4.39 Å². The summed E-state index contributed by atoms with van der Waals surface area (Å²) in [6.07, 6.45) is 3.56. The molecule has 0 radical (unpaired) electrons. The van der Waals surface area contributed by atoms with E-state index < -0.39 is 6.10 Å². The van der Waals surface area contributed by atoms with E-state index in [0.29, 0.717) is 35.9 Å². The smallest absolute Gasteiger partial charge is 0.192 e. The number of oxazole rings is 1. The Morgan fingerprint density at radius 1 is 1.26 bits per heavy atom. The average Bonchev–Trinajstić information content (AvgIpc) is 3.32. The van der Waals surface area contributed by atoms with Crippen LogP contribution in [-0.2, 0) is 13.0 Å². The van der Waals surface area contributed by atoms with Gasteiger partial charge in [0.15, 0.2) is 23.2 Å². The van der Waals surface area contributed by atoms with Crippen LogP contribution >= 0.6 is 0 Å². The van der Waals surface area contributed by atoms with E-state index in [0.717, 1.165) is 28.1 Å². The van der Waals surface area contributed by atoms with Crippen LogP contribution in [0.3, 0.4) is 0 Å². The summed E-state index contributed by atoms with van der Waals surface area (Å²) in [5.41, 5.74) is 11.0. The number of pyridine rings is 1. The monoisotopic (exact) mass is 419 g/mol. The fourth-order valence-corrected chi connectivity index (χ4v) is 4.12. The van der Waals surface area contributed by atoms with E-state index in [4.69, 9.17) is 14.9 Å². The molecule has 1 aromatic carbocycles.